The van der Waals surface area contributed by atoms with Crippen molar-refractivity contribution in [2.24, 2.45) is 7.05 Å². The van der Waals surface area contributed by atoms with Gasteiger partial charge >= 0.3 is 5.97 Å². The Labute approximate surface area is 318 Å². The van der Waals surface area contributed by atoms with Gasteiger partial charge in [0.25, 0.3) is 5.91 Å². The molecule has 0 unspecified atom stereocenters. The molecule has 0 bridgehead atoms. The number of anilines is 1. The Balaban J connectivity index is 1.51. The molecular formula is C41H44Cl2N4O6. The highest BCUT2D eigenvalue weighted by Crippen LogP contribution is 2.44. The van der Waals surface area contributed by atoms with Crippen LogP contribution in [0, 0.1) is 19.3 Å². The Hall–Kier alpha value is -4.77. The molecule has 1 amide bonds. The predicted octanol–water partition coefficient (Wildman–Crippen LogP) is 9.46. The molecule has 6 rings (SSSR count). The molecule has 10 nitrogen and oxygen atoms in total. The van der Waals surface area contributed by atoms with Crippen LogP contribution < -0.4 is 14.4 Å². The molecule has 0 radical (unpaired) electrons. The summed E-state index contributed by atoms with van der Waals surface area (Å²) in [5, 5.41) is 21.4. The first kappa shape index (κ1) is 38.0. The van der Waals surface area contributed by atoms with Crippen LogP contribution in [0.5, 0.6) is 11.5 Å². The topological polar surface area (TPSA) is 119 Å². The number of hydrogen-bond donors (Lipinski definition) is 2. The number of aromatic nitrogens is 2. The lowest BCUT2D eigenvalue weighted by Crippen LogP contribution is -2.43. The summed E-state index contributed by atoms with van der Waals surface area (Å²) in [7, 11) is 3.28. The minimum atomic E-state index is -1.07. The maximum atomic E-state index is 15.1. The molecule has 0 saturated carbocycles. The van der Waals surface area contributed by atoms with Gasteiger partial charge in [-0.05, 0) is 94.5 Å². The number of carbonyl (C=O) groups excluding carboxylic acids is 1. The summed E-state index contributed by atoms with van der Waals surface area (Å²) in [6.07, 6.45) is 3.02. The lowest BCUT2D eigenvalue weighted by atomic mass is 9.97. The minimum Gasteiger partial charge on any atom is -0.494 e. The van der Waals surface area contributed by atoms with Crippen molar-refractivity contribution >= 4 is 73.9 Å². The lowest BCUT2D eigenvalue weighted by Gasteiger charge is -2.35. The van der Waals surface area contributed by atoms with Crippen molar-refractivity contribution in [1.82, 2.24) is 9.13 Å². The molecule has 278 valence electrons. The van der Waals surface area contributed by atoms with Crippen LogP contribution in [0.25, 0.3) is 27.4 Å². The van der Waals surface area contributed by atoms with Gasteiger partial charge in [-0.1, -0.05) is 35.3 Å². The second-order valence-corrected chi connectivity index (χ2v) is 14.3. The number of hydrogen-bond acceptors (Lipinski definition) is 6. The molecule has 5 aromatic rings. The standard InChI is InChI=1S/C41H44Cl2N4O6/c1-8-29(25(5)44)35-32(42)12-11-31-30(10-9-13-52-27-16-22(2)36(43)23(3)17-27)39-40(48)46(21-24(4)47(39)38(31)35)33-20-28(53-15-14-51-7)18-26-19-34(41(49)50)45(6)37(26)33/h8,11-12,16-20,24,44H,9-10,13-15,21H2,1-7H3,(H,49,50)/b29-8-,44-25?/t24-/m1/s1. The van der Waals surface area contributed by atoms with E-state index in [9.17, 15) is 9.90 Å². The zero-order valence-corrected chi connectivity index (χ0v) is 32.5. The van der Waals surface area contributed by atoms with Crippen molar-refractivity contribution in [2.75, 3.05) is 38.4 Å². The number of nitrogens with one attached hydrogen (secondary N) is 1. The van der Waals surface area contributed by atoms with Crippen LogP contribution in [0.15, 0.2) is 48.5 Å². The Morgan fingerprint density at radius 2 is 1.70 bits per heavy atom. The van der Waals surface area contributed by atoms with Gasteiger partial charge in [-0.2, -0.15) is 0 Å². The molecule has 1 aliphatic heterocycles. The number of rotatable bonds is 13. The zero-order chi connectivity index (χ0) is 38.3. The summed E-state index contributed by atoms with van der Waals surface area (Å²) in [5.74, 6) is -0.0773. The predicted molar refractivity (Wildman–Crippen MR) is 212 cm³/mol. The van der Waals surface area contributed by atoms with Gasteiger partial charge in [-0.15, -0.1) is 0 Å². The fourth-order valence-corrected chi connectivity index (χ4v) is 7.92. The summed E-state index contributed by atoms with van der Waals surface area (Å²) in [6, 6.07) is 12.6. The van der Waals surface area contributed by atoms with E-state index in [4.69, 9.17) is 42.8 Å². The van der Waals surface area contributed by atoms with Crippen molar-refractivity contribution in [1.29, 1.82) is 5.41 Å². The summed E-state index contributed by atoms with van der Waals surface area (Å²) in [6.45, 7) is 10.9. The number of allylic oxidation sites excluding steroid dienone is 2. The summed E-state index contributed by atoms with van der Waals surface area (Å²) in [5.41, 5.74) is 7.07. The molecule has 1 aliphatic rings. The molecule has 12 heteroatoms. The molecule has 2 aromatic heterocycles. The van der Waals surface area contributed by atoms with E-state index in [2.05, 4.69) is 11.5 Å². The van der Waals surface area contributed by atoms with Crippen molar-refractivity contribution in [3.63, 3.8) is 0 Å². The second kappa shape index (κ2) is 15.3. The minimum absolute atomic E-state index is 0.0915. The second-order valence-electron chi connectivity index (χ2n) is 13.5. The van der Waals surface area contributed by atoms with Gasteiger partial charge in [0.05, 0.1) is 35.0 Å². The quantitative estimate of drug-likeness (QED) is 0.0912. The average molecular weight is 760 g/mol. The number of aryl methyl sites for hydroxylation is 4. The van der Waals surface area contributed by atoms with Gasteiger partial charge in [0, 0.05) is 65.5 Å². The SMILES string of the molecule is C/C=C(/C(C)=N)c1c(Cl)ccc2c(CCCOc3cc(C)c(Cl)c(C)c3)c3n(c12)[C@H](C)CN(c1cc(OCCOC)cc2cc(C(=O)O)n(C)c12)C3=O. The highest BCUT2D eigenvalue weighted by Gasteiger charge is 2.37. The molecular weight excluding hydrogens is 715 g/mol. The third kappa shape index (κ3) is 6.91. The number of halogens is 2. The summed E-state index contributed by atoms with van der Waals surface area (Å²) < 4.78 is 21.1. The van der Waals surface area contributed by atoms with E-state index < -0.39 is 5.97 Å². The zero-order valence-electron chi connectivity index (χ0n) is 31.0. The molecule has 2 N–H and O–H groups in total. The van der Waals surface area contributed by atoms with Crippen molar-refractivity contribution in [2.45, 2.75) is 53.5 Å². The van der Waals surface area contributed by atoms with Gasteiger partial charge in [0.2, 0.25) is 0 Å². The number of carboxylic acid groups (broad SMARTS) is 1. The Morgan fingerprint density at radius 1 is 1.02 bits per heavy atom. The number of benzene rings is 3. The number of ether oxygens (including phenoxy) is 3. The van der Waals surface area contributed by atoms with E-state index in [1.54, 1.807) is 48.7 Å². The smallest absolute Gasteiger partial charge is 0.352 e. The van der Waals surface area contributed by atoms with Gasteiger partial charge < -0.3 is 38.8 Å². The molecule has 0 aliphatic carbocycles. The lowest BCUT2D eigenvalue weighted by molar-refractivity contribution is 0.0687. The molecule has 0 spiro atoms. The monoisotopic (exact) mass is 758 g/mol. The van der Waals surface area contributed by atoms with Crippen molar-refractivity contribution in [3.8, 4) is 11.5 Å². The molecule has 53 heavy (non-hydrogen) atoms. The van der Waals surface area contributed by atoms with Crippen LogP contribution >= 0.6 is 23.2 Å². The van der Waals surface area contributed by atoms with E-state index in [1.165, 1.54) is 0 Å². The molecule has 3 aromatic carbocycles. The summed E-state index contributed by atoms with van der Waals surface area (Å²) in [4.78, 5) is 29.1. The number of nitrogens with zero attached hydrogens (tertiary/aromatic N) is 3. The normalized spacial score (nSPS) is 14.7. The first-order valence-electron chi connectivity index (χ1n) is 17.6. The maximum absolute atomic E-state index is 15.1. The van der Waals surface area contributed by atoms with Crippen molar-refractivity contribution in [3.05, 3.63) is 92.2 Å². The van der Waals surface area contributed by atoms with Gasteiger partial charge in [0.1, 0.15) is 29.5 Å². The average Bonchev–Trinajstić information content (AvgIpc) is 3.63. The van der Waals surface area contributed by atoms with Crippen LogP contribution in [-0.2, 0) is 18.2 Å². The Kier molecular flexibility index (Phi) is 11.0. The third-order valence-corrected chi connectivity index (χ3v) is 10.8. The van der Waals surface area contributed by atoms with Crippen LogP contribution in [0.1, 0.15) is 76.5 Å². The molecule has 3 heterocycles. The van der Waals surface area contributed by atoms with E-state index in [1.807, 2.05) is 51.1 Å². The number of carboxylic acids is 1. The highest BCUT2D eigenvalue weighted by atomic mass is 35.5. The van der Waals surface area contributed by atoms with E-state index >= 15 is 4.79 Å². The van der Waals surface area contributed by atoms with Crippen LogP contribution in [0.3, 0.4) is 0 Å². The van der Waals surface area contributed by atoms with Crippen LogP contribution in [0.4, 0.5) is 5.69 Å². The Morgan fingerprint density at radius 3 is 2.34 bits per heavy atom. The number of carbonyl (C=O) groups is 2. The van der Waals surface area contributed by atoms with E-state index in [0.717, 1.165) is 38.4 Å². The molecule has 1 atom stereocenters. The van der Waals surface area contributed by atoms with Crippen LogP contribution in [-0.4, -0.2) is 65.3 Å². The van der Waals surface area contributed by atoms with E-state index in [0.29, 0.717) is 82.5 Å². The number of aromatic carboxylic acids is 1. The van der Waals surface area contributed by atoms with Gasteiger partial charge in [-0.3, -0.25) is 4.79 Å². The molecule has 0 saturated heterocycles. The van der Waals surface area contributed by atoms with Crippen molar-refractivity contribution < 1.29 is 28.9 Å². The van der Waals surface area contributed by atoms with Gasteiger partial charge in [-0.25, -0.2) is 4.79 Å². The Bertz CT molecular complexity index is 2300. The first-order chi connectivity index (χ1) is 25.3. The number of amides is 1. The fourth-order valence-electron chi connectivity index (χ4n) is 7.56. The van der Waals surface area contributed by atoms with Crippen LogP contribution in [0.2, 0.25) is 10.0 Å². The number of methoxy groups -OCH3 is 1. The highest BCUT2D eigenvalue weighted by molar-refractivity contribution is 6.37. The maximum Gasteiger partial charge on any atom is 0.352 e. The summed E-state index contributed by atoms with van der Waals surface area (Å²) >= 11 is 13.3. The fraction of sp³-hybridized carbons (Fsp3) is 0.341. The van der Waals surface area contributed by atoms with E-state index in [-0.39, 0.29) is 24.2 Å². The molecule has 0 fully saturated rings. The largest absolute Gasteiger partial charge is 0.494 e. The first-order valence-corrected chi connectivity index (χ1v) is 18.3. The number of fused-ring (bicyclic) bond motifs is 4. The van der Waals surface area contributed by atoms with Gasteiger partial charge in [0.15, 0.2) is 0 Å². The third-order valence-electron chi connectivity index (χ3n) is 9.91.